The van der Waals surface area contributed by atoms with Crippen LogP contribution in [0.5, 0.6) is 0 Å². The summed E-state index contributed by atoms with van der Waals surface area (Å²) < 4.78 is 0. The van der Waals surface area contributed by atoms with Gasteiger partial charge in [0.05, 0.1) is 12.2 Å². The molecule has 0 spiro atoms. The van der Waals surface area contributed by atoms with Gasteiger partial charge >= 0.3 is 0 Å². The van der Waals surface area contributed by atoms with Crippen molar-refractivity contribution in [3.05, 3.63) is 46.3 Å². The maximum absolute atomic E-state index is 12.7. The molecule has 1 aromatic carbocycles. The molecule has 2 aromatic rings. The van der Waals surface area contributed by atoms with E-state index in [4.69, 9.17) is 0 Å². The zero-order valence-electron chi connectivity index (χ0n) is 11.7. The normalized spacial score (nSPS) is 17.2. The summed E-state index contributed by atoms with van der Waals surface area (Å²) >= 11 is 0. The van der Waals surface area contributed by atoms with Gasteiger partial charge in [0, 0.05) is 25.1 Å². The highest BCUT2D eigenvalue weighted by atomic mass is 16.2. The van der Waals surface area contributed by atoms with Crippen LogP contribution in [0.3, 0.4) is 0 Å². The number of aromatic amines is 1. The molecule has 6 nitrogen and oxygen atoms in total. The summed E-state index contributed by atoms with van der Waals surface area (Å²) in [5.41, 5.74) is 5.24. The largest absolute Gasteiger partial charge is 0.332 e. The quantitative estimate of drug-likeness (QED) is 0.806. The Labute approximate surface area is 122 Å². The third-order valence-electron chi connectivity index (χ3n) is 4.29. The van der Waals surface area contributed by atoms with E-state index < -0.39 is 0 Å². The third-order valence-corrected chi connectivity index (χ3v) is 4.29. The summed E-state index contributed by atoms with van der Waals surface area (Å²) in [6.45, 7) is 3.13. The Morgan fingerprint density at radius 3 is 3.00 bits per heavy atom. The molecule has 0 unspecified atom stereocenters. The lowest BCUT2D eigenvalue weighted by Crippen LogP contribution is -2.36. The molecule has 0 saturated carbocycles. The zero-order chi connectivity index (χ0) is 14.2. The highest BCUT2D eigenvalue weighted by Crippen LogP contribution is 2.20. The second-order valence-corrected chi connectivity index (χ2v) is 5.60. The van der Waals surface area contributed by atoms with Crippen molar-refractivity contribution in [1.82, 2.24) is 25.6 Å². The van der Waals surface area contributed by atoms with Crippen molar-refractivity contribution in [2.24, 2.45) is 0 Å². The second-order valence-electron chi connectivity index (χ2n) is 5.60. The van der Waals surface area contributed by atoms with Gasteiger partial charge in [-0.15, -0.1) is 0 Å². The van der Waals surface area contributed by atoms with Crippen molar-refractivity contribution >= 4 is 5.91 Å². The van der Waals surface area contributed by atoms with Gasteiger partial charge in [-0.3, -0.25) is 4.79 Å². The van der Waals surface area contributed by atoms with E-state index in [9.17, 15) is 4.79 Å². The molecular formula is C15H17N5O. The van der Waals surface area contributed by atoms with E-state index in [-0.39, 0.29) is 5.91 Å². The zero-order valence-corrected chi connectivity index (χ0v) is 11.7. The number of carbonyl (C=O) groups excluding carboxylic acids is 1. The molecule has 0 fully saturated rings. The molecule has 21 heavy (non-hydrogen) atoms. The summed E-state index contributed by atoms with van der Waals surface area (Å²) in [5.74, 6) is 0.0879. The maximum atomic E-state index is 12.7. The van der Waals surface area contributed by atoms with Gasteiger partial charge in [-0.25, -0.2) is 0 Å². The molecule has 2 N–H and O–H groups in total. The number of benzene rings is 1. The molecule has 2 aliphatic rings. The Morgan fingerprint density at radius 2 is 2.05 bits per heavy atom. The fourth-order valence-electron chi connectivity index (χ4n) is 3.07. The number of rotatable bonds is 1. The molecule has 0 aliphatic carbocycles. The molecule has 0 atom stereocenters. The van der Waals surface area contributed by atoms with Gasteiger partial charge in [0.15, 0.2) is 0 Å². The van der Waals surface area contributed by atoms with Crippen LogP contribution >= 0.6 is 0 Å². The molecule has 0 bridgehead atoms. The summed E-state index contributed by atoms with van der Waals surface area (Å²) in [6.07, 6.45) is 1.76. The van der Waals surface area contributed by atoms with Gasteiger partial charge in [-0.1, -0.05) is 6.07 Å². The standard InChI is InChI=1S/C15H17N5O/c21-15(20-6-4-13-14(9-20)18-19-17-13)11-1-2-12-8-16-5-3-10(12)7-11/h1-2,7,16H,3-6,8-9H2,(H,17,18,19). The lowest BCUT2D eigenvalue weighted by atomic mass is 9.97. The molecule has 3 heterocycles. The molecule has 1 aromatic heterocycles. The van der Waals surface area contributed by atoms with Gasteiger partial charge in [0.1, 0.15) is 5.69 Å². The minimum atomic E-state index is 0.0879. The monoisotopic (exact) mass is 283 g/mol. The first-order valence-corrected chi connectivity index (χ1v) is 7.31. The van der Waals surface area contributed by atoms with Crippen LogP contribution in [0.15, 0.2) is 18.2 Å². The van der Waals surface area contributed by atoms with Crippen molar-refractivity contribution in [2.45, 2.75) is 25.9 Å². The average Bonchev–Trinajstić information content (AvgIpc) is 3.01. The van der Waals surface area contributed by atoms with Crippen molar-refractivity contribution in [3.8, 4) is 0 Å². The van der Waals surface area contributed by atoms with Crippen molar-refractivity contribution in [3.63, 3.8) is 0 Å². The maximum Gasteiger partial charge on any atom is 0.254 e. The Kier molecular flexibility index (Phi) is 2.96. The van der Waals surface area contributed by atoms with Crippen LogP contribution in [0, 0.1) is 0 Å². The van der Waals surface area contributed by atoms with Gasteiger partial charge in [-0.05, 0) is 36.2 Å². The molecule has 1 amide bonds. The van der Waals surface area contributed by atoms with Crippen molar-refractivity contribution in [1.29, 1.82) is 0 Å². The van der Waals surface area contributed by atoms with E-state index in [1.807, 2.05) is 11.0 Å². The molecule has 0 radical (unpaired) electrons. The van der Waals surface area contributed by atoms with E-state index in [1.54, 1.807) is 0 Å². The Morgan fingerprint density at radius 1 is 1.14 bits per heavy atom. The summed E-state index contributed by atoms with van der Waals surface area (Å²) in [5, 5.41) is 14.2. The van der Waals surface area contributed by atoms with Crippen LogP contribution in [-0.2, 0) is 25.9 Å². The predicted molar refractivity (Wildman–Crippen MR) is 76.7 cm³/mol. The minimum Gasteiger partial charge on any atom is -0.332 e. The molecular weight excluding hydrogens is 266 g/mol. The number of nitrogens with zero attached hydrogens (tertiary/aromatic N) is 3. The third kappa shape index (κ3) is 2.21. The van der Waals surface area contributed by atoms with Crippen LogP contribution in [0.25, 0.3) is 0 Å². The molecule has 108 valence electrons. The molecule has 2 aliphatic heterocycles. The Bertz CT molecular complexity index is 693. The van der Waals surface area contributed by atoms with Crippen LogP contribution in [0.1, 0.15) is 32.9 Å². The van der Waals surface area contributed by atoms with E-state index in [0.717, 1.165) is 42.9 Å². The highest BCUT2D eigenvalue weighted by Gasteiger charge is 2.24. The number of amides is 1. The van der Waals surface area contributed by atoms with Crippen LogP contribution in [0.4, 0.5) is 0 Å². The predicted octanol–water partition coefficient (Wildman–Crippen LogP) is 0.649. The minimum absolute atomic E-state index is 0.0879. The first-order valence-electron chi connectivity index (χ1n) is 7.31. The summed E-state index contributed by atoms with van der Waals surface area (Å²) in [6, 6.07) is 6.06. The van der Waals surface area contributed by atoms with E-state index in [2.05, 4.69) is 32.9 Å². The second kappa shape index (κ2) is 4.96. The number of hydrogen-bond acceptors (Lipinski definition) is 4. The van der Waals surface area contributed by atoms with Gasteiger partial charge < -0.3 is 10.2 Å². The SMILES string of the molecule is O=C(c1ccc2c(c1)CCNC2)N1CCc2n[nH]nc2C1. The summed E-state index contributed by atoms with van der Waals surface area (Å²) in [4.78, 5) is 14.5. The van der Waals surface area contributed by atoms with Crippen LogP contribution in [-0.4, -0.2) is 39.3 Å². The first-order chi connectivity index (χ1) is 10.3. The summed E-state index contributed by atoms with van der Waals surface area (Å²) in [7, 11) is 0. The average molecular weight is 283 g/mol. The lowest BCUT2D eigenvalue weighted by molar-refractivity contribution is 0.0731. The number of fused-ring (bicyclic) bond motifs is 2. The smallest absolute Gasteiger partial charge is 0.254 e. The lowest BCUT2D eigenvalue weighted by Gasteiger charge is -2.26. The Balaban J connectivity index is 1.58. The van der Waals surface area contributed by atoms with Crippen LogP contribution in [0.2, 0.25) is 0 Å². The van der Waals surface area contributed by atoms with Gasteiger partial charge in [0.2, 0.25) is 0 Å². The topological polar surface area (TPSA) is 73.9 Å². The van der Waals surface area contributed by atoms with E-state index in [1.165, 1.54) is 11.1 Å². The van der Waals surface area contributed by atoms with E-state index >= 15 is 0 Å². The van der Waals surface area contributed by atoms with Gasteiger partial charge in [0.25, 0.3) is 5.91 Å². The van der Waals surface area contributed by atoms with Crippen molar-refractivity contribution < 1.29 is 4.79 Å². The molecule has 0 saturated heterocycles. The van der Waals surface area contributed by atoms with Crippen molar-refractivity contribution in [2.75, 3.05) is 13.1 Å². The van der Waals surface area contributed by atoms with Crippen LogP contribution < -0.4 is 5.32 Å². The number of aromatic nitrogens is 3. The van der Waals surface area contributed by atoms with E-state index in [0.29, 0.717) is 13.1 Å². The number of hydrogen-bond donors (Lipinski definition) is 2. The Hall–Kier alpha value is -2.21. The number of nitrogens with one attached hydrogen (secondary N) is 2. The number of H-pyrrole nitrogens is 1. The fourth-order valence-corrected chi connectivity index (χ4v) is 3.07. The fraction of sp³-hybridized carbons (Fsp3) is 0.400. The molecule has 4 rings (SSSR count). The number of carbonyl (C=O) groups is 1. The molecule has 6 heteroatoms. The highest BCUT2D eigenvalue weighted by molar-refractivity contribution is 5.94. The van der Waals surface area contributed by atoms with Gasteiger partial charge in [-0.2, -0.15) is 15.4 Å². The first kappa shape index (κ1) is 12.5.